The highest BCUT2D eigenvalue weighted by atomic mass is 35.5. The van der Waals surface area contributed by atoms with E-state index in [0.29, 0.717) is 25.0 Å². The molecule has 1 N–H and O–H groups in total. The first-order chi connectivity index (χ1) is 15.1. The second kappa shape index (κ2) is 8.51. The van der Waals surface area contributed by atoms with Crippen LogP contribution in [0.4, 0.5) is 8.78 Å². The molecule has 5 rings (SSSR count). The highest BCUT2D eigenvalue weighted by molar-refractivity contribution is 7.91. The van der Waals surface area contributed by atoms with Crippen molar-refractivity contribution in [1.29, 1.82) is 0 Å². The van der Waals surface area contributed by atoms with Gasteiger partial charge in [0, 0.05) is 11.6 Å². The molecule has 10 heteroatoms. The zero-order chi connectivity index (χ0) is 23.0. The van der Waals surface area contributed by atoms with Gasteiger partial charge in [-0.05, 0) is 61.1 Å². The Hall–Kier alpha value is -2.39. The van der Waals surface area contributed by atoms with Crippen molar-refractivity contribution in [2.45, 2.75) is 24.8 Å². The van der Waals surface area contributed by atoms with Crippen LogP contribution in [0.5, 0.6) is 11.5 Å². The Kier molecular flexibility index (Phi) is 6.06. The van der Waals surface area contributed by atoms with Gasteiger partial charge in [-0.2, -0.15) is 0 Å². The van der Waals surface area contributed by atoms with Gasteiger partial charge in [0.05, 0.1) is 16.5 Å². The molecule has 0 aromatic heterocycles. The molecule has 0 spiro atoms. The summed E-state index contributed by atoms with van der Waals surface area (Å²) in [7, 11) is -3.33. The molecule has 172 valence electrons. The SMILES string of the molecule is O=C(COc1ccc(Cl)c(F)c1)NC12CC(CS(=O)(=O)CCOc3ccc(F)cc3)(C1)C2. The number of nitrogens with one attached hydrogen (secondary N) is 1. The molecule has 0 heterocycles. The molecule has 3 aliphatic carbocycles. The van der Waals surface area contributed by atoms with E-state index in [0.717, 1.165) is 6.07 Å². The van der Waals surface area contributed by atoms with E-state index in [9.17, 15) is 22.0 Å². The van der Waals surface area contributed by atoms with E-state index in [1.165, 1.54) is 36.4 Å². The van der Waals surface area contributed by atoms with Crippen molar-refractivity contribution in [1.82, 2.24) is 5.32 Å². The van der Waals surface area contributed by atoms with E-state index < -0.39 is 15.7 Å². The minimum atomic E-state index is -3.33. The third-order valence-electron chi connectivity index (χ3n) is 5.81. The molecule has 0 aliphatic heterocycles. The summed E-state index contributed by atoms with van der Waals surface area (Å²) in [6.07, 6.45) is 1.79. The van der Waals surface area contributed by atoms with Crippen LogP contribution in [0.25, 0.3) is 0 Å². The molecule has 2 aromatic rings. The third-order valence-corrected chi connectivity index (χ3v) is 7.96. The van der Waals surface area contributed by atoms with E-state index >= 15 is 0 Å². The van der Waals surface area contributed by atoms with Gasteiger partial charge in [-0.1, -0.05) is 11.6 Å². The molecule has 0 radical (unpaired) electrons. The van der Waals surface area contributed by atoms with Crippen molar-refractivity contribution in [2.75, 3.05) is 24.7 Å². The molecule has 6 nitrogen and oxygen atoms in total. The number of hydrogen-bond donors (Lipinski definition) is 1. The number of halogens is 3. The Bertz CT molecular complexity index is 1100. The Labute approximate surface area is 189 Å². The van der Waals surface area contributed by atoms with Crippen molar-refractivity contribution in [3.8, 4) is 11.5 Å². The molecule has 0 unspecified atom stereocenters. The molecule has 2 bridgehead atoms. The Balaban J connectivity index is 1.18. The topological polar surface area (TPSA) is 81.7 Å². The predicted octanol–water partition coefficient (Wildman–Crippen LogP) is 3.53. The Morgan fingerprint density at radius 2 is 1.69 bits per heavy atom. The van der Waals surface area contributed by atoms with Crippen LogP contribution in [-0.4, -0.2) is 44.6 Å². The van der Waals surface area contributed by atoms with Crippen molar-refractivity contribution in [2.24, 2.45) is 5.41 Å². The van der Waals surface area contributed by atoms with Gasteiger partial charge in [-0.3, -0.25) is 4.79 Å². The average molecular weight is 486 g/mol. The summed E-state index contributed by atoms with van der Waals surface area (Å²) >= 11 is 5.61. The maximum Gasteiger partial charge on any atom is 0.258 e. The summed E-state index contributed by atoms with van der Waals surface area (Å²) in [5.74, 6) is -0.830. The van der Waals surface area contributed by atoms with Gasteiger partial charge in [0.1, 0.15) is 29.7 Å². The summed E-state index contributed by atoms with van der Waals surface area (Å²) in [4.78, 5) is 12.2. The van der Waals surface area contributed by atoms with Gasteiger partial charge >= 0.3 is 0 Å². The lowest BCUT2D eigenvalue weighted by Crippen LogP contribution is -2.76. The fraction of sp³-hybridized carbons (Fsp3) is 0.409. The number of carbonyl (C=O) groups is 1. The molecular formula is C22H22ClF2NO5S. The van der Waals surface area contributed by atoms with E-state index in [2.05, 4.69) is 5.32 Å². The molecular weight excluding hydrogens is 464 g/mol. The largest absolute Gasteiger partial charge is 0.493 e. The predicted molar refractivity (Wildman–Crippen MR) is 115 cm³/mol. The summed E-state index contributed by atoms with van der Waals surface area (Å²) < 4.78 is 61.9. The van der Waals surface area contributed by atoms with Crippen LogP contribution in [-0.2, 0) is 14.6 Å². The second-order valence-electron chi connectivity index (χ2n) is 8.62. The van der Waals surface area contributed by atoms with Crippen molar-refractivity contribution < 1.29 is 31.5 Å². The van der Waals surface area contributed by atoms with E-state index in [-0.39, 0.29) is 58.2 Å². The first-order valence-electron chi connectivity index (χ1n) is 10.1. The first kappa shape index (κ1) is 22.8. The summed E-state index contributed by atoms with van der Waals surface area (Å²) in [6, 6.07) is 9.32. The van der Waals surface area contributed by atoms with Gasteiger partial charge in [0.15, 0.2) is 16.4 Å². The minimum absolute atomic E-state index is 0.00540. The number of rotatable bonds is 10. The fourth-order valence-corrected chi connectivity index (χ4v) is 6.53. The van der Waals surface area contributed by atoms with Crippen LogP contribution in [0.15, 0.2) is 42.5 Å². The molecule has 3 aliphatic rings. The van der Waals surface area contributed by atoms with Gasteiger partial charge in [-0.15, -0.1) is 0 Å². The van der Waals surface area contributed by atoms with Crippen LogP contribution < -0.4 is 14.8 Å². The summed E-state index contributed by atoms with van der Waals surface area (Å²) in [6.45, 7) is -0.274. The van der Waals surface area contributed by atoms with E-state index in [1.54, 1.807) is 0 Å². The van der Waals surface area contributed by atoms with Gasteiger partial charge in [-0.25, -0.2) is 17.2 Å². The molecule has 0 atom stereocenters. The van der Waals surface area contributed by atoms with Gasteiger partial charge in [0.25, 0.3) is 5.91 Å². The van der Waals surface area contributed by atoms with E-state index in [4.69, 9.17) is 21.1 Å². The van der Waals surface area contributed by atoms with Gasteiger partial charge in [0.2, 0.25) is 0 Å². The average Bonchev–Trinajstić information content (AvgIpc) is 2.67. The minimum Gasteiger partial charge on any atom is -0.493 e. The highest BCUT2D eigenvalue weighted by Gasteiger charge is 2.69. The normalized spacial score (nSPS) is 23.6. The van der Waals surface area contributed by atoms with Crippen LogP contribution in [0, 0.1) is 17.0 Å². The zero-order valence-electron chi connectivity index (χ0n) is 17.1. The standard InChI is InChI=1S/C22H22ClF2NO5S/c23-18-6-5-17(9-19(18)25)31-10-20(27)26-22-11-21(12-22,13-22)14-32(28,29)8-7-30-16-3-1-15(24)2-4-16/h1-6,9H,7-8,10-14H2,(H,26,27). The summed E-state index contributed by atoms with van der Waals surface area (Å²) in [5, 5.41) is 2.87. The third kappa shape index (κ3) is 5.15. The molecule has 3 saturated carbocycles. The number of amides is 1. The van der Waals surface area contributed by atoms with Gasteiger partial charge < -0.3 is 14.8 Å². The number of sulfone groups is 1. The van der Waals surface area contributed by atoms with Crippen LogP contribution in [0.1, 0.15) is 19.3 Å². The zero-order valence-corrected chi connectivity index (χ0v) is 18.6. The second-order valence-corrected chi connectivity index (χ2v) is 11.2. The number of hydrogen-bond acceptors (Lipinski definition) is 5. The lowest BCUT2D eigenvalue weighted by atomic mass is 9.40. The maximum absolute atomic E-state index is 13.4. The fourth-order valence-electron chi connectivity index (χ4n) is 4.69. The first-order valence-corrected chi connectivity index (χ1v) is 12.3. The molecule has 32 heavy (non-hydrogen) atoms. The Morgan fingerprint density at radius 3 is 2.34 bits per heavy atom. The molecule has 0 saturated heterocycles. The van der Waals surface area contributed by atoms with Crippen molar-refractivity contribution in [3.05, 3.63) is 59.1 Å². The monoisotopic (exact) mass is 485 g/mol. The van der Waals surface area contributed by atoms with Crippen LogP contribution >= 0.6 is 11.6 Å². The van der Waals surface area contributed by atoms with Crippen LogP contribution in [0.2, 0.25) is 5.02 Å². The summed E-state index contributed by atoms with van der Waals surface area (Å²) in [5.41, 5.74) is -0.687. The molecule has 2 aromatic carbocycles. The van der Waals surface area contributed by atoms with E-state index in [1.807, 2.05) is 0 Å². The molecule has 1 amide bonds. The van der Waals surface area contributed by atoms with Crippen molar-refractivity contribution >= 4 is 27.3 Å². The number of carbonyl (C=O) groups excluding carboxylic acids is 1. The Morgan fingerprint density at radius 1 is 1.03 bits per heavy atom. The molecule has 3 fully saturated rings. The lowest BCUT2D eigenvalue weighted by Gasteiger charge is -2.70. The number of ether oxygens (including phenoxy) is 2. The number of benzene rings is 2. The lowest BCUT2D eigenvalue weighted by molar-refractivity contribution is -0.156. The van der Waals surface area contributed by atoms with Crippen LogP contribution in [0.3, 0.4) is 0 Å². The smallest absolute Gasteiger partial charge is 0.258 e. The quantitative estimate of drug-likeness (QED) is 0.557. The van der Waals surface area contributed by atoms with Crippen molar-refractivity contribution in [3.63, 3.8) is 0 Å². The maximum atomic E-state index is 13.4. The highest BCUT2D eigenvalue weighted by Crippen LogP contribution is 2.67.